The molecular weight excluding hydrogens is 598 g/mol. The van der Waals surface area contributed by atoms with E-state index < -0.39 is 29.6 Å². The van der Waals surface area contributed by atoms with Crippen molar-refractivity contribution in [3.05, 3.63) is 47.5 Å². The number of aliphatic imine (C=N–C) groups is 2. The Morgan fingerprint density at radius 2 is 2.06 bits per heavy atom. The normalized spacial score (nSPS) is 35.1. The molecule has 0 amide bonds. The molecule has 1 aromatic heterocycles. The van der Waals surface area contributed by atoms with Gasteiger partial charge in [0.05, 0.1) is 66.9 Å². The highest BCUT2D eigenvalue weighted by molar-refractivity contribution is 6.07. The van der Waals surface area contributed by atoms with E-state index in [0.717, 1.165) is 35.9 Å². The molecule has 1 aromatic carbocycles. The van der Waals surface area contributed by atoms with Crippen LogP contribution in [0.1, 0.15) is 64.9 Å². The molecule has 11 nitrogen and oxygen atoms in total. The van der Waals surface area contributed by atoms with E-state index >= 15 is 0 Å². The molecule has 1 spiro atoms. The number of fused-ring (bicyclic) bond motifs is 2. The van der Waals surface area contributed by atoms with Crippen molar-refractivity contribution in [2.45, 2.75) is 83.1 Å². The van der Waals surface area contributed by atoms with Crippen molar-refractivity contribution in [1.29, 1.82) is 0 Å². The number of aromatic nitrogens is 2. The molecule has 2 aliphatic carbocycles. The molecule has 5 unspecified atom stereocenters. The molecule has 3 fully saturated rings. The van der Waals surface area contributed by atoms with Gasteiger partial charge in [-0.3, -0.25) is 9.79 Å². The van der Waals surface area contributed by atoms with Crippen molar-refractivity contribution in [2.75, 3.05) is 19.8 Å². The van der Waals surface area contributed by atoms with Gasteiger partial charge in [0, 0.05) is 24.7 Å². The first-order valence-corrected chi connectivity index (χ1v) is 16.8. The van der Waals surface area contributed by atoms with Crippen LogP contribution in [0.25, 0.3) is 17.1 Å². The second-order valence-electron chi connectivity index (χ2n) is 14.7. The Balaban J connectivity index is 1.22. The van der Waals surface area contributed by atoms with Crippen LogP contribution < -0.4 is 5.32 Å². The summed E-state index contributed by atoms with van der Waals surface area (Å²) in [6.07, 6.45) is 10.2. The van der Waals surface area contributed by atoms with Crippen molar-refractivity contribution < 1.29 is 29.3 Å². The number of benzene rings is 1. The zero-order valence-electron chi connectivity index (χ0n) is 27.6. The lowest BCUT2D eigenvalue weighted by Gasteiger charge is -2.61. The molecule has 2 aromatic rings. The van der Waals surface area contributed by atoms with Crippen LogP contribution >= 0.6 is 0 Å². The number of ether oxygens (including phenoxy) is 2. The number of carbonyl (C=O) groups is 2. The van der Waals surface area contributed by atoms with Crippen molar-refractivity contribution in [3.63, 3.8) is 0 Å². The van der Waals surface area contributed by atoms with Crippen LogP contribution in [0.4, 0.5) is 0 Å². The van der Waals surface area contributed by atoms with Crippen LogP contribution in [-0.4, -0.2) is 87.1 Å². The summed E-state index contributed by atoms with van der Waals surface area (Å²) in [5.41, 5.74) is 1.96. The standard InChI is InChI=1S/C36H45N5O6/c1-21(28(43)17-32-37-11-12-38-32)40-25(24-15-23(47-33(24)45)13-22-5-6-27-26(14-22)39-20-41(27)4)16-30-34(2)9-8-31(44)35(3,18-42)29(34)7-10-36(30)19-46-36/h5-6,11,13-15,20-21,25,29-31,40,42,44H,7-10,12,16-19H2,1-4H3/b23-13+/t21?,25?,29?,30?,31-,34+,35+,36?/m1/s1. The monoisotopic (exact) mass is 643 g/mol. The molecule has 7 rings (SSSR count). The lowest BCUT2D eigenvalue weighted by atomic mass is 9.44. The van der Waals surface area contributed by atoms with E-state index in [-0.39, 0.29) is 41.7 Å². The molecule has 1 saturated heterocycles. The van der Waals surface area contributed by atoms with Gasteiger partial charge in [-0.25, -0.2) is 14.8 Å². The first-order valence-electron chi connectivity index (χ1n) is 16.8. The highest BCUT2D eigenvalue weighted by Gasteiger charge is 2.67. The summed E-state index contributed by atoms with van der Waals surface area (Å²) >= 11 is 0. The number of ketones is 1. The van der Waals surface area contributed by atoms with E-state index in [2.05, 4.69) is 27.2 Å². The predicted octanol–water partition coefficient (Wildman–Crippen LogP) is 3.53. The molecule has 2 saturated carbocycles. The maximum atomic E-state index is 13.6. The minimum atomic E-state index is -0.632. The Labute approximate surface area is 274 Å². The fraction of sp³-hybridized carbons (Fsp3) is 0.583. The number of aliphatic hydroxyl groups excluding tert-OH is 2. The Bertz CT molecular complexity index is 1720. The summed E-state index contributed by atoms with van der Waals surface area (Å²) < 4.78 is 14.0. The highest BCUT2D eigenvalue weighted by Crippen LogP contribution is 2.66. The van der Waals surface area contributed by atoms with Gasteiger partial charge in [0.15, 0.2) is 5.78 Å². The van der Waals surface area contributed by atoms with Gasteiger partial charge in [-0.15, -0.1) is 0 Å². The third kappa shape index (κ3) is 5.60. The van der Waals surface area contributed by atoms with Gasteiger partial charge < -0.3 is 29.6 Å². The van der Waals surface area contributed by atoms with Crippen LogP contribution in [0.2, 0.25) is 0 Å². The fourth-order valence-electron chi connectivity index (χ4n) is 9.10. The fourth-order valence-corrected chi connectivity index (χ4v) is 9.10. The summed E-state index contributed by atoms with van der Waals surface area (Å²) in [4.78, 5) is 40.0. The molecule has 47 heavy (non-hydrogen) atoms. The lowest BCUT2D eigenvalue weighted by molar-refractivity contribution is -0.177. The lowest BCUT2D eigenvalue weighted by Crippen LogP contribution is -2.61. The number of imidazole rings is 1. The van der Waals surface area contributed by atoms with Crippen LogP contribution in [0.15, 0.2) is 51.9 Å². The summed E-state index contributed by atoms with van der Waals surface area (Å²) in [6.45, 7) is 7.13. The number of rotatable bonds is 10. The summed E-state index contributed by atoms with van der Waals surface area (Å²) in [5, 5.41) is 25.2. The molecule has 3 N–H and O–H groups in total. The number of nitrogens with zero attached hydrogens (tertiary/aromatic N) is 4. The number of hydrogen-bond acceptors (Lipinski definition) is 10. The van der Waals surface area contributed by atoms with E-state index in [1.54, 1.807) is 18.6 Å². The molecule has 0 bridgehead atoms. The first-order chi connectivity index (χ1) is 22.5. The minimum Gasteiger partial charge on any atom is -0.423 e. The molecule has 250 valence electrons. The maximum absolute atomic E-state index is 13.6. The summed E-state index contributed by atoms with van der Waals surface area (Å²) in [5.74, 6) is 0.538. The van der Waals surface area contributed by atoms with Crippen LogP contribution in [0.5, 0.6) is 0 Å². The average molecular weight is 644 g/mol. The third-order valence-corrected chi connectivity index (χ3v) is 12.0. The van der Waals surface area contributed by atoms with E-state index in [1.165, 1.54) is 0 Å². The Morgan fingerprint density at radius 1 is 1.26 bits per heavy atom. The van der Waals surface area contributed by atoms with Gasteiger partial charge in [-0.1, -0.05) is 19.9 Å². The molecule has 4 heterocycles. The smallest absolute Gasteiger partial charge is 0.341 e. The number of amidine groups is 1. The number of Topliss-reactive ketones (excluding diaryl/α,β-unsaturated/α-hetero) is 1. The van der Waals surface area contributed by atoms with Crippen LogP contribution in [-0.2, 0) is 26.1 Å². The topological polar surface area (TPSA) is 151 Å². The van der Waals surface area contributed by atoms with Crippen molar-refractivity contribution >= 4 is 40.9 Å². The molecule has 11 heteroatoms. The quantitative estimate of drug-likeness (QED) is 0.263. The van der Waals surface area contributed by atoms with Crippen LogP contribution in [0.3, 0.4) is 0 Å². The van der Waals surface area contributed by atoms with Gasteiger partial charge in [0.2, 0.25) is 0 Å². The largest absolute Gasteiger partial charge is 0.423 e. The minimum absolute atomic E-state index is 0.0176. The number of hydrogen-bond donors (Lipinski definition) is 3. The summed E-state index contributed by atoms with van der Waals surface area (Å²) in [7, 11) is 1.94. The molecular formula is C36H45N5O6. The van der Waals surface area contributed by atoms with E-state index in [9.17, 15) is 19.8 Å². The zero-order chi connectivity index (χ0) is 33.1. The molecule has 3 aliphatic heterocycles. The number of aryl methyl sites for hydroxylation is 1. The zero-order valence-corrected chi connectivity index (χ0v) is 27.6. The van der Waals surface area contributed by atoms with Crippen molar-refractivity contribution in [2.24, 2.45) is 39.7 Å². The summed E-state index contributed by atoms with van der Waals surface area (Å²) in [6, 6.07) is 4.83. The van der Waals surface area contributed by atoms with Crippen LogP contribution in [0, 0.1) is 22.7 Å². The van der Waals surface area contributed by atoms with Gasteiger partial charge in [-0.2, -0.15) is 0 Å². The molecule has 5 aliphatic rings. The number of aliphatic hydroxyl groups is 2. The number of epoxide rings is 1. The average Bonchev–Trinajstić information content (AvgIpc) is 3.31. The number of nitrogens with one attached hydrogen (secondary N) is 1. The van der Waals surface area contributed by atoms with Gasteiger partial charge >= 0.3 is 5.97 Å². The number of esters is 1. The second kappa shape index (κ2) is 11.9. The number of cyclic esters (lactones) is 1. The van der Waals surface area contributed by atoms with E-state index in [1.807, 2.05) is 49.7 Å². The van der Waals surface area contributed by atoms with Gasteiger partial charge in [0.25, 0.3) is 0 Å². The van der Waals surface area contributed by atoms with Gasteiger partial charge in [-0.05, 0) is 86.1 Å². The van der Waals surface area contributed by atoms with E-state index in [4.69, 9.17) is 9.47 Å². The van der Waals surface area contributed by atoms with Crippen molar-refractivity contribution in [3.8, 4) is 0 Å². The van der Waals surface area contributed by atoms with E-state index in [0.29, 0.717) is 43.2 Å². The second-order valence-corrected chi connectivity index (χ2v) is 14.7. The highest BCUT2D eigenvalue weighted by atomic mass is 16.6. The third-order valence-electron chi connectivity index (χ3n) is 12.0. The Morgan fingerprint density at radius 3 is 2.79 bits per heavy atom. The van der Waals surface area contributed by atoms with Crippen molar-refractivity contribution in [1.82, 2.24) is 14.9 Å². The first kappa shape index (κ1) is 32.1. The number of allylic oxidation sites excluding steroid dienone is 1. The van der Waals surface area contributed by atoms with Gasteiger partial charge in [0.1, 0.15) is 11.6 Å². The number of carbonyl (C=O) groups excluding carboxylic acids is 2. The Hall–Kier alpha value is -3.51. The molecule has 8 atom stereocenters. The Kier molecular flexibility index (Phi) is 8.10. The maximum Gasteiger partial charge on any atom is 0.341 e. The predicted molar refractivity (Wildman–Crippen MR) is 178 cm³/mol. The molecule has 0 radical (unpaired) electrons. The SMILES string of the molecule is CC(NC(CC1C2(CCC3[C@]1(C)CC[C@@H](O)[C@@]3(C)CO)CO2)C1=C/C(=C\c2ccc3c(c2)ncn3C)OC1=O)C(=O)CC1=NCC=N1.